The van der Waals surface area contributed by atoms with E-state index in [-0.39, 0.29) is 0 Å². The van der Waals surface area contributed by atoms with Crippen LogP contribution in [-0.4, -0.2) is 26.4 Å². The van der Waals surface area contributed by atoms with Crippen LogP contribution in [0.4, 0.5) is 0 Å². The molecule has 0 radical (unpaired) electrons. The molecule has 0 aliphatic carbocycles. The van der Waals surface area contributed by atoms with Gasteiger partial charge in [-0.25, -0.2) is 8.42 Å². The van der Waals surface area contributed by atoms with Gasteiger partial charge in [-0.1, -0.05) is 24.3 Å². The summed E-state index contributed by atoms with van der Waals surface area (Å²) >= 11 is 0. The standard InChI is InChI=1S/C18H21NO3S/c1-13-10-17(11-14(2)18(13)22-3)23(20,21)19-9-8-15-6-4-5-7-16(15)12-19/h4-7,10-11H,8-9,12H2,1-3H3. The molecule has 0 N–H and O–H groups in total. The highest BCUT2D eigenvalue weighted by atomic mass is 32.2. The molecule has 0 bridgehead atoms. The third-order valence-corrected chi connectivity index (χ3v) is 6.19. The molecule has 0 saturated carbocycles. The second-order valence-corrected chi connectivity index (χ2v) is 7.89. The number of methoxy groups -OCH3 is 1. The monoisotopic (exact) mass is 331 g/mol. The van der Waals surface area contributed by atoms with Gasteiger partial charge in [0.25, 0.3) is 0 Å². The van der Waals surface area contributed by atoms with E-state index in [9.17, 15) is 8.42 Å². The number of aryl methyl sites for hydroxylation is 2. The highest BCUT2D eigenvalue weighted by Gasteiger charge is 2.29. The minimum Gasteiger partial charge on any atom is -0.496 e. The molecule has 122 valence electrons. The van der Waals surface area contributed by atoms with Gasteiger partial charge in [-0.15, -0.1) is 0 Å². The second-order valence-electron chi connectivity index (χ2n) is 5.95. The van der Waals surface area contributed by atoms with Crippen molar-refractivity contribution in [3.05, 3.63) is 58.7 Å². The number of rotatable bonds is 3. The molecule has 2 aromatic rings. The Morgan fingerprint density at radius 3 is 2.26 bits per heavy atom. The molecule has 4 nitrogen and oxygen atoms in total. The molecule has 0 saturated heterocycles. The van der Waals surface area contributed by atoms with Gasteiger partial charge in [-0.05, 0) is 54.7 Å². The Balaban J connectivity index is 1.97. The predicted molar refractivity (Wildman–Crippen MR) is 90.2 cm³/mol. The number of sulfonamides is 1. The van der Waals surface area contributed by atoms with E-state index in [4.69, 9.17) is 4.74 Å². The first-order chi connectivity index (χ1) is 10.9. The maximum Gasteiger partial charge on any atom is 0.243 e. The summed E-state index contributed by atoms with van der Waals surface area (Å²) in [5.41, 5.74) is 4.00. The van der Waals surface area contributed by atoms with Crippen molar-refractivity contribution in [1.82, 2.24) is 4.31 Å². The topological polar surface area (TPSA) is 46.6 Å². The van der Waals surface area contributed by atoms with Crippen LogP contribution >= 0.6 is 0 Å². The smallest absolute Gasteiger partial charge is 0.243 e. The van der Waals surface area contributed by atoms with Gasteiger partial charge in [0.15, 0.2) is 0 Å². The van der Waals surface area contributed by atoms with Crippen molar-refractivity contribution in [2.24, 2.45) is 0 Å². The van der Waals surface area contributed by atoms with Crippen LogP contribution in [0, 0.1) is 13.8 Å². The molecule has 0 unspecified atom stereocenters. The minimum absolute atomic E-state index is 0.340. The van der Waals surface area contributed by atoms with Crippen LogP contribution in [0.25, 0.3) is 0 Å². The number of hydrogen-bond acceptors (Lipinski definition) is 3. The summed E-state index contributed by atoms with van der Waals surface area (Å²) in [6.07, 6.45) is 0.753. The summed E-state index contributed by atoms with van der Waals surface area (Å²) in [5.74, 6) is 0.743. The van der Waals surface area contributed by atoms with Crippen LogP contribution in [-0.2, 0) is 23.0 Å². The Morgan fingerprint density at radius 1 is 1.04 bits per heavy atom. The Labute approximate surface area is 137 Å². The van der Waals surface area contributed by atoms with Crippen LogP contribution < -0.4 is 4.74 Å². The van der Waals surface area contributed by atoms with Crippen LogP contribution in [0.2, 0.25) is 0 Å². The van der Waals surface area contributed by atoms with Gasteiger partial charge in [0, 0.05) is 13.1 Å². The van der Waals surface area contributed by atoms with Gasteiger partial charge in [0.1, 0.15) is 5.75 Å². The molecule has 3 rings (SSSR count). The lowest BCUT2D eigenvalue weighted by molar-refractivity contribution is 0.390. The van der Waals surface area contributed by atoms with Gasteiger partial charge in [0.05, 0.1) is 12.0 Å². The van der Waals surface area contributed by atoms with E-state index < -0.39 is 10.0 Å². The normalized spacial score (nSPS) is 15.3. The van der Waals surface area contributed by atoms with E-state index in [2.05, 4.69) is 6.07 Å². The zero-order valence-corrected chi connectivity index (χ0v) is 14.5. The molecule has 1 aliphatic heterocycles. The molecule has 0 amide bonds. The molecule has 1 heterocycles. The number of fused-ring (bicyclic) bond motifs is 1. The van der Waals surface area contributed by atoms with Crippen LogP contribution in [0.1, 0.15) is 22.3 Å². The quantitative estimate of drug-likeness (QED) is 0.868. The largest absolute Gasteiger partial charge is 0.496 e. The Bertz CT molecular complexity index is 820. The first kappa shape index (κ1) is 16.0. The molecule has 0 aromatic heterocycles. The summed E-state index contributed by atoms with van der Waals surface area (Å²) in [7, 11) is -1.89. The SMILES string of the molecule is COc1c(C)cc(S(=O)(=O)N2CCc3ccccc3C2)cc1C. The van der Waals surface area contributed by atoms with Crippen molar-refractivity contribution in [3.8, 4) is 5.75 Å². The number of nitrogens with zero attached hydrogens (tertiary/aromatic N) is 1. The van der Waals surface area contributed by atoms with Crippen LogP contribution in [0.15, 0.2) is 41.3 Å². The molecule has 0 spiro atoms. The summed E-state index contributed by atoms with van der Waals surface area (Å²) in [5, 5.41) is 0. The van der Waals surface area contributed by atoms with Crippen molar-refractivity contribution < 1.29 is 13.2 Å². The van der Waals surface area contributed by atoms with Crippen molar-refractivity contribution in [1.29, 1.82) is 0 Å². The maximum atomic E-state index is 13.0. The molecular formula is C18H21NO3S. The fourth-order valence-corrected chi connectivity index (χ4v) is 4.80. The van der Waals surface area contributed by atoms with E-state index in [0.29, 0.717) is 18.0 Å². The first-order valence-corrected chi connectivity index (χ1v) is 9.09. The highest BCUT2D eigenvalue weighted by Crippen LogP contribution is 2.30. The van der Waals surface area contributed by atoms with Crippen molar-refractivity contribution >= 4 is 10.0 Å². The predicted octanol–water partition coefficient (Wildman–Crippen LogP) is 3.06. The second kappa shape index (κ2) is 5.98. The van der Waals surface area contributed by atoms with Crippen molar-refractivity contribution in [2.45, 2.75) is 31.7 Å². The van der Waals surface area contributed by atoms with Gasteiger partial charge in [-0.3, -0.25) is 0 Å². The van der Waals surface area contributed by atoms with E-state index in [0.717, 1.165) is 28.9 Å². The summed E-state index contributed by atoms with van der Waals surface area (Å²) in [4.78, 5) is 0.340. The molecule has 0 fully saturated rings. The van der Waals surface area contributed by atoms with Crippen LogP contribution in [0.5, 0.6) is 5.75 Å². The van der Waals surface area contributed by atoms with Crippen LogP contribution in [0.3, 0.4) is 0 Å². The molecule has 0 atom stereocenters. The number of hydrogen-bond donors (Lipinski definition) is 0. The summed E-state index contributed by atoms with van der Waals surface area (Å²) in [6.45, 7) is 4.69. The average Bonchev–Trinajstić information content (AvgIpc) is 2.54. The third-order valence-electron chi connectivity index (χ3n) is 4.37. The van der Waals surface area contributed by atoms with Crippen molar-refractivity contribution in [3.63, 3.8) is 0 Å². The molecular weight excluding hydrogens is 310 g/mol. The van der Waals surface area contributed by atoms with E-state index in [1.807, 2.05) is 32.0 Å². The van der Waals surface area contributed by atoms with E-state index in [1.165, 1.54) is 5.56 Å². The fourth-order valence-electron chi connectivity index (χ4n) is 3.21. The van der Waals surface area contributed by atoms with Crippen molar-refractivity contribution in [2.75, 3.05) is 13.7 Å². The van der Waals surface area contributed by atoms with Gasteiger partial charge in [-0.2, -0.15) is 4.31 Å². The Hall–Kier alpha value is -1.85. The lowest BCUT2D eigenvalue weighted by Gasteiger charge is -2.28. The lowest BCUT2D eigenvalue weighted by Crippen LogP contribution is -2.36. The van der Waals surface area contributed by atoms with Gasteiger partial charge >= 0.3 is 0 Å². The molecule has 5 heteroatoms. The van der Waals surface area contributed by atoms with Gasteiger partial charge in [0.2, 0.25) is 10.0 Å². The number of ether oxygens (including phenoxy) is 1. The Morgan fingerprint density at radius 2 is 1.65 bits per heavy atom. The lowest BCUT2D eigenvalue weighted by atomic mass is 10.0. The number of benzene rings is 2. The molecule has 23 heavy (non-hydrogen) atoms. The molecule has 1 aliphatic rings. The third kappa shape index (κ3) is 2.86. The fraction of sp³-hybridized carbons (Fsp3) is 0.333. The highest BCUT2D eigenvalue weighted by molar-refractivity contribution is 7.89. The molecule has 2 aromatic carbocycles. The zero-order valence-electron chi connectivity index (χ0n) is 13.7. The average molecular weight is 331 g/mol. The van der Waals surface area contributed by atoms with Gasteiger partial charge < -0.3 is 4.74 Å². The maximum absolute atomic E-state index is 13.0. The Kier molecular flexibility index (Phi) is 4.17. The zero-order chi connectivity index (χ0) is 16.6. The van der Waals surface area contributed by atoms with E-state index in [1.54, 1.807) is 23.5 Å². The first-order valence-electron chi connectivity index (χ1n) is 7.65. The minimum atomic E-state index is -3.50. The summed E-state index contributed by atoms with van der Waals surface area (Å²) < 4.78 is 32.9. The summed E-state index contributed by atoms with van der Waals surface area (Å²) in [6, 6.07) is 11.4. The van der Waals surface area contributed by atoms with E-state index >= 15 is 0 Å².